The summed E-state index contributed by atoms with van der Waals surface area (Å²) in [6.45, 7) is 8.99. The average molecular weight is 265 g/mol. The fourth-order valence-electron chi connectivity index (χ4n) is 2.41. The van der Waals surface area contributed by atoms with Crippen LogP contribution in [0.1, 0.15) is 49.4 Å². The molecule has 108 valence electrons. The summed E-state index contributed by atoms with van der Waals surface area (Å²) in [5.74, 6) is 0.897. The highest BCUT2D eigenvalue weighted by atomic mass is 16.5. The number of methoxy groups -OCH3 is 1. The van der Waals surface area contributed by atoms with Crippen LogP contribution in [0.25, 0.3) is 0 Å². The maximum absolute atomic E-state index is 6.40. The van der Waals surface area contributed by atoms with Gasteiger partial charge < -0.3 is 15.2 Å². The fraction of sp³-hybridized carbons (Fsp3) is 0.625. The number of hydrogen-bond donors (Lipinski definition) is 1. The molecule has 0 amide bonds. The smallest absolute Gasteiger partial charge is 0.126 e. The molecule has 0 aliphatic rings. The molecule has 1 rings (SSSR count). The van der Waals surface area contributed by atoms with Crippen molar-refractivity contribution in [2.45, 2.75) is 52.7 Å². The van der Waals surface area contributed by atoms with E-state index in [-0.39, 0.29) is 12.1 Å². The average Bonchev–Trinajstić information content (AvgIpc) is 2.40. The third-order valence-electron chi connectivity index (χ3n) is 3.62. The van der Waals surface area contributed by atoms with E-state index in [4.69, 9.17) is 15.2 Å². The monoisotopic (exact) mass is 265 g/mol. The largest absolute Gasteiger partial charge is 0.496 e. The van der Waals surface area contributed by atoms with Crippen molar-refractivity contribution >= 4 is 0 Å². The normalized spacial score (nSPS) is 14.2. The van der Waals surface area contributed by atoms with Gasteiger partial charge in [-0.3, -0.25) is 0 Å². The summed E-state index contributed by atoms with van der Waals surface area (Å²) in [5, 5.41) is 0. The van der Waals surface area contributed by atoms with Crippen LogP contribution in [0.2, 0.25) is 0 Å². The van der Waals surface area contributed by atoms with Crippen LogP contribution < -0.4 is 10.5 Å². The molecule has 0 saturated carbocycles. The van der Waals surface area contributed by atoms with Gasteiger partial charge in [-0.15, -0.1) is 0 Å². The fourth-order valence-corrected chi connectivity index (χ4v) is 2.41. The van der Waals surface area contributed by atoms with Crippen molar-refractivity contribution in [1.82, 2.24) is 0 Å². The molecule has 1 aromatic rings. The molecule has 0 bridgehead atoms. The Hall–Kier alpha value is -1.06. The molecule has 0 heterocycles. The van der Waals surface area contributed by atoms with Gasteiger partial charge in [0.1, 0.15) is 5.75 Å². The number of aryl methyl sites for hydroxylation is 1. The second-order valence-corrected chi connectivity index (χ2v) is 4.94. The third-order valence-corrected chi connectivity index (χ3v) is 3.62. The number of hydrogen-bond acceptors (Lipinski definition) is 3. The van der Waals surface area contributed by atoms with Gasteiger partial charge in [-0.2, -0.15) is 0 Å². The van der Waals surface area contributed by atoms with E-state index in [0.29, 0.717) is 6.61 Å². The standard InChI is InChI=1S/C16H27NO2/c1-6-8-14(19-7-2)15(17)13-10-9-11(3)12(4)16(13)18-5/h9-10,14-15H,6-8,17H2,1-5H3. The Morgan fingerprint density at radius 1 is 1.21 bits per heavy atom. The summed E-state index contributed by atoms with van der Waals surface area (Å²) in [7, 11) is 1.70. The van der Waals surface area contributed by atoms with E-state index in [2.05, 4.69) is 32.9 Å². The molecule has 0 aromatic heterocycles. The number of ether oxygens (including phenoxy) is 2. The van der Waals surface area contributed by atoms with Crippen molar-refractivity contribution in [1.29, 1.82) is 0 Å². The van der Waals surface area contributed by atoms with Gasteiger partial charge in [-0.25, -0.2) is 0 Å². The molecule has 1 aromatic carbocycles. The Labute approximate surface area is 117 Å². The van der Waals surface area contributed by atoms with E-state index in [1.165, 1.54) is 5.56 Å². The quantitative estimate of drug-likeness (QED) is 0.820. The van der Waals surface area contributed by atoms with E-state index in [1.54, 1.807) is 7.11 Å². The van der Waals surface area contributed by atoms with Gasteiger partial charge in [0, 0.05) is 12.2 Å². The summed E-state index contributed by atoms with van der Waals surface area (Å²) in [6, 6.07) is 4.02. The SMILES string of the molecule is CCCC(OCC)C(N)c1ccc(C)c(C)c1OC. The van der Waals surface area contributed by atoms with Crippen LogP contribution in [-0.2, 0) is 4.74 Å². The van der Waals surface area contributed by atoms with Crippen LogP contribution in [0.5, 0.6) is 5.75 Å². The van der Waals surface area contributed by atoms with Gasteiger partial charge in [0.2, 0.25) is 0 Å². The minimum absolute atomic E-state index is 0.0472. The summed E-state index contributed by atoms with van der Waals surface area (Å²) in [5.41, 5.74) is 9.81. The summed E-state index contributed by atoms with van der Waals surface area (Å²) in [6.07, 6.45) is 2.07. The molecular formula is C16H27NO2. The predicted molar refractivity (Wildman–Crippen MR) is 79.7 cm³/mol. The zero-order valence-electron chi connectivity index (χ0n) is 12.8. The van der Waals surface area contributed by atoms with Gasteiger partial charge in [-0.1, -0.05) is 25.5 Å². The van der Waals surface area contributed by atoms with Gasteiger partial charge in [-0.05, 0) is 38.3 Å². The van der Waals surface area contributed by atoms with E-state index in [1.807, 2.05) is 6.92 Å². The van der Waals surface area contributed by atoms with Crippen molar-refractivity contribution in [3.05, 3.63) is 28.8 Å². The summed E-state index contributed by atoms with van der Waals surface area (Å²) >= 11 is 0. The van der Waals surface area contributed by atoms with Crippen LogP contribution in [0.15, 0.2) is 12.1 Å². The van der Waals surface area contributed by atoms with Crippen LogP contribution in [0.4, 0.5) is 0 Å². The Morgan fingerprint density at radius 3 is 2.42 bits per heavy atom. The molecule has 0 aliphatic heterocycles. The zero-order valence-corrected chi connectivity index (χ0v) is 12.8. The van der Waals surface area contributed by atoms with Crippen molar-refractivity contribution in [2.75, 3.05) is 13.7 Å². The molecule has 0 fully saturated rings. The summed E-state index contributed by atoms with van der Waals surface area (Å²) < 4.78 is 11.3. The number of rotatable bonds is 7. The Morgan fingerprint density at radius 2 is 1.89 bits per heavy atom. The van der Waals surface area contributed by atoms with E-state index >= 15 is 0 Å². The molecule has 2 unspecified atom stereocenters. The van der Waals surface area contributed by atoms with E-state index < -0.39 is 0 Å². The minimum Gasteiger partial charge on any atom is -0.496 e. The molecule has 0 aliphatic carbocycles. The van der Waals surface area contributed by atoms with Crippen LogP contribution in [0.3, 0.4) is 0 Å². The zero-order chi connectivity index (χ0) is 14.4. The summed E-state index contributed by atoms with van der Waals surface area (Å²) in [4.78, 5) is 0. The lowest BCUT2D eigenvalue weighted by Gasteiger charge is -2.26. The molecule has 2 N–H and O–H groups in total. The first-order valence-corrected chi connectivity index (χ1v) is 7.08. The number of benzene rings is 1. The second-order valence-electron chi connectivity index (χ2n) is 4.94. The van der Waals surface area contributed by atoms with Gasteiger partial charge in [0.05, 0.1) is 19.3 Å². The van der Waals surface area contributed by atoms with Crippen LogP contribution in [0, 0.1) is 13.8 Å². The van der Waals surface area contributed by atoms with Gasteiger partial charge >= 0.3 is 0 Å². The maximum Gasteiger partial charge on any atom is 0.126 e. The molecule has 19 heavy (non-hydrogen) atoms. The second kappa shape index (κ2) is 7.51. The first kappa shape index (κ1) is 16.0. The first-order valence-electron chi connectivity index (χ1n) is 7.08. The minimum atomic E-state index is -0.144. The van der Waals surface area contributed by atoms with Gasteiger partial charge in [0.15, 0.2) is 0 Å². The lowest BCUT2D eigenvalue weighted by Crippen LogP contribution is -2.29. The number of nitrogens with two attached hydrogens (primary N) is 1. The molecule has 0 radical (unpaired) electrons. The Bertz CT molecular complexity index is 398. The van der Waals surface area contributed by atoms with E-state index in [0.717, 1.165) is 29.7 Å². The Kier molecular flexibility index (Phi) is 6.32. The maximum atomic E-state index is 6.40. The lowest BCUT2D eigenvalue weighted by atomic mass is 9.94. The van der Waals surface area contributed by atoms with Crippen molar-refractivity contribution in [2.24, 2.45) is 5.73 Å². The Balaban J connectivity index is 3.09. The third kappa shape index (κ3) is 3.71. The topological polar surface area (TPSA) is 44.5 Å². The molecule has 0 saturated heterocycles. The highest BCUT2D eigenvalue weighted by Crippen LogP contribution is 2.32. The van der Waals surface area contributed by atoms with Crippen molar-refractivity contribution in [3.8, 4) is 5.75 Å². The van der Waals surface area contributed by atoms with E-state index in [9.17, 15) is 0 Å². The molecular weight excluding hydrogens is 238 g/mol. The van der Waals surface area contributed by atoms with Crippen molar-refractivity contribution < 1.29 is 9.47 Å². The highest BCUT2D eigenvalue weighted by molar-refractivity contribution is 5.47. The predicted octanol–water partition coefficient (Wildman–Crippen LogP) is 3.52. The van der Waals surface area contributed by atoms with Crippen molar-refractivity contribution in [3.63, 3.8) is 0 Å². The molecule has 3 nitrogen and oxygen atoms in total. The lowest BCUT2D eigenvalue weighted by molar-refractivity contribution is 0.0369. The van der Waals surface area contributed by atoms with Crippen LogP contribution >= 0.6 is 0 Å². The first-order chi connectivity index (χ1) is 9.06. The highest BCUT2D eigenvalue weighted by Gasteiger charge is 2.23. The molecule has 0 spiro atoms. The molecule has 3 heteroatoms. The molecule has 2 atom stereocenters. The van der Waals surface area contributed by atoms with Gasteiger partial charge in [0.25, 0.3) is 0 Å². The van der Waals surface area contributed by atoms with Crippen LogP contribution in [-0.4, -0.2) is 19.8 Å².